The zero-order valence-electron chi connectivity index (χ0n) is 17.5. The van der Waals surface area contributed by atoms with Crippen molar-refractivity contribution in [2.75, 3.05) is 39.8 Å². The fourth-order valence-corrected chi connectivity index (χ4v) is 4.21. The lowest BCUT2D eigenvalue weighted by atomic mass is 9.94. The average Bonchev–Trinajstić information content (AvgIpc) is 3.35. The summed E-state index contributed by atoms with van der Waals surface area (Å²) >= 11 is 0. The number of nitrogens with zero attached hydrogens (tertiary/aromatic N) is 6. The van der Waals surface area contributed by atoms with Crippen molar-refractivity contribution in [3.05, 3.63) is 41.0 Å². The minimum absolute atomic E-state index is 0.0573. The van der Waals surface area contributed by atoms with E-state index in [1.165, 1.54) is 0 Å². The quantitative estimate of drug-likeness (QED) is 0.792. The molecule has 0 bridgehead atoms. The number of amides is 2. The van der Waals surface area contributed by atoms with Crippen LogP contribution in [-0.2, 0) is 20.0 Å². The minimum atomic E-state index is -0.188. The summed E-state index contributed by atoms with van der Waals surface area (Å²) in [6.45, 7) is 4.52. The molecule has 0 aliphatic carbocycles. The molecule has 30 heavy (non-hydrogen) atoms. The van der Waals surface area contributed by atoms with Gasteiger partial charge >= 0.3 is 0 Å². The molecule has 1 fully saturated rings. The van der Waals surface area contributed by atoms with Crippen molar-refractivity contribution in [2.24, 2.45) is 13.0 Å². The Morgan fingerprint density at radius 3 is 2.70 bits per heavy atom. The van der Waals surface area contributed by atoms with Crippen LogP contribution in [0.4, 0.5) is 0 Å². The van der Waals surface area contributed by atoms with Gasteiger partial charge in [0.15, 0.2) is 0 Å². The fraction of sp³-hybridized carbons (Fsp3) is 0.524. The number of carbonyl (C=O) groups excluding carboxylic acids is 2. The Kier molecular flexibility index (Phi) is 5.59. The Bertz CT molecular complexity index is 992. The topological polar surface area (TPSA) is 99.2 Å². The van der Waals surface area contributed by atoms with Gasteiger partial charge in [0, 0.05) is 52.5 Å². The predicted molar refractivity (Wildman–Crippen MR) is 110 cm³/mol. The molecule has 0 spiro atoms. The zero-order valence-corrected chi connectivity index (χ0v) is 17.5. The lowest BCUT2D eigenvalue weighted by Gasteiger charge is -2.32. The maximum atomic E-state index is 13.0. The molecular formula is C21H27N7O2. The fourth-order valence-electron chi connectivity index (χ4n) is 4.21. The summed E-state index contributed by atoms with van der Waals surface area (Å²) in [5.41, 5.74) is 2.60. The Morgan fingerprint density at radius 1 is 1.23 bits per heavy atom. The third-order valence-electron chi connectivity index (χ3n) is 6.12. The van der Waals surface area contributed by atoms with Crippen molar-refractivity contribution in [1.82, 2.24) is 29.5 Å². The summed E-state index contributed by atoms with van der Waals surface area (Å²) in [6, 6.07) is 3.65. The van der Waals surface area contributed by atoms with E-state index in [1.807, 2.05) is 9.58 Å². The van der Waals surface area contributed by atoms with Gasteiger partial charge in [-0.25, -0.2) is 0 Å². The van der Waals surface area contributed by atoms with Gasteiger partial charge in [0.05, 0.1) is 23.0 Å². The van der Waals surface area contributed by atoms with Crippen LogP contribution in [0.25, 0.3) is 0 Å². The van der Waals surface area contributed by atoms with Gasteiger partial charge < -0.3 is 19.7 Å². The van der Waals surface area contributed by atoms with Crippen molar-refractivity contribution in [2.45, 2.75) is 19.4 Å². The first-order valence-electron chi connectivity index (χ1n) is 10.3. The minimum Gasteiger partial charge on any atom is -0.350 e. The molecule has 0 unspecified atom stereocenters. The summed E-state index contributed by atoms with van der Waals surface area (Å²) in [5, 5.41) is 16.4. The van der Waals surface area contributed by atoms with Crippen LogP contribution in [-0.4, -0.2) is 75.7 Å². The number of likely N-dealkylation sites (N-methyl/N-ethyl adjacent to an activating group) is 1. The van der Waals surface area contributed by atoms with Gasteiger partial charge in [-0.05, 0) is 31.9 Å². The third-order valence-corrected chi connectivity index (χ3v) is 6.12. The van der Waals surface area contributed by atoms with Crippen molar-refractivity contribution in [3.63, 3.8) is 0 Å². The first kappa shape index (κ1) is 20.2. The maximum absolute atomic E-state index is 13.0. The molecule has 2 aromatic rings. The van der Waals surface area contributed by atoms with E-state index >= 15 is 0 Å². The molecule has 2 aliphatic rings. The van der Waals surface area contributed by atoms with Crippen molar-refractivity contribution in [1.29, 1.82) is 5.26 Å². The van der Waals surface area contributed by atoms with E-state index in [9.17, 15) is 9.59 Å². The van der Waals surface area contributed by atoms with Crippen LogP contribution < -0.4 is 5.32 Å². The molecule has 2 aliphatic heterocycles. The second-order valence-corrected chi connectivity index (χ2v) is 8.23. The number of aryl methyl sites for hydroxylation is 2. The Balaban J connectivity index is 1.39. The smallest absolute Gasteiger partial charge is 0.267 e. The molecule has 0 saturated carbocycles. The molecule has 2 aromatic heterocycles. The summed E-state index contributed by atoms with van der Waals surface area (Å²) < 4.78 is 3.59. The number of carbonyl (C=O) groups is 2. The van der Waals surface area contributed by atoms with E-state index in [1.54, 1.807) is 30.1 Å². The van der Waals surface area contributed by atoms with Crippen LogP contribution in [0.3, 0.4) is 0 Å². The van der Waals surface area contributed by atoms with E-state index in [0.717, 1.165) is 44.8 Å². The molecule has 9 heteroatoms. The zero-order chi connectivity index (χ0) is 21.3. The van der Waals surface area contributed by atoms with Crippen LogP contribution in [0.5, 0.6) is 0 Å². The lowest BCUT2D eigenvalue weighted by molar-refractivity contribution is 0.0661. The standard InChI is InChI=1S/C21H27N7O2/c1-25-5-7-27(8-6-25)21(30)17-13-24-28-4-3-15(9-18(17)28)12-23-20(29)19-10-16(11-22)14-26(19)2/h10,13-15H,3-9,12H2,1-2H3,(H,23,29)/t15-/m0/s1. The molecule has 1 saturated heterocycles. The normalized spacial score (nSPS) is 19.2. The monoisotopic (exact) mass is 409 g/mol. The van der Waals surface area contributed by atoms with Crippen LogP contribution in [0.1, 0.15) is 38.5 Å². The lowest BCUT2D eigenvalue weighted by Crippen LogP contribution is -2.47. The number of hydrogen-bond acceptors (Lipinski definition) is 5. The molecule has 0 aromatic carbocycles. The molecule has 2 amide bonds. The van der Waals surface area contributed by atoms with Gasteiger partial charge in [-0.15, -0.1) is 0 Å². The molecule has 9 nitrogen and oxygen atoms in total. The first-order valence-corrected chi connectivity index (χ1v) is 10.3. The summed E-state index contributed by atoms with van der Waals surface area (Å²) in [6.07, 6.45) is 4.95. The number of hydrogen-bond donors (Lipinski definition) is 1. The Labute approximate surface area is 175 Å². The van der Waals surface area contributed by atoms with Gasteiger partial charge in [0.2, 0.25) is 0 Å². The highest BCUT2D eigenvalue weighted by Crippen LogP contribution is 2.24. The second kappa shape index (κ2) is 8.32. The summed E-state index contributed by atoms with van der Waals surface area (Å²) in [4.78, 5) is 29.7. The highest BCUT2D eigenvalue weighted by atomic mass is 16.2. The SMILES string of the molecule is CN1CCN(C(=O)c2cnn3c2C[C@@H](CNC(=O)c2cc(C#N)cn2C)CC3)CC1. The average molecular weight is 409 g/mol. The Hall–Kier alpha value is -3.12. The van der Waals surface area contributed by atoms with Crippen molar-refractivity contribution >= 4 is 11.8 Å². The van der Waals surface area contributed by atoms with Gasteiger partial charge in [-0.3, -0.25) is 14.3 Å². The number of nitrogens with one attached hydrogen (secondary N) is 1. The van der Waals surface area contributed by atoms with Gasteiger partial charge in [-0.1, -0.05) is 0 Å². The van der Waals surface area contributed by atoms with Crippen LogP contribution in [0.2, 0.25) is 0 Å². The first-order chi connectivity index (χ1) is 14.5. The van der Waals surface area contributed by atoms with Crippen molar-refractivity contribution < 1.29 is 9.59 Å². The number of piperazine rings is 1. The molecule has 4 heterocycles. The molecule has 158 valence electrons. The van der Waals surface area contributed by atoms with E-state index < -0.39 is 0 Å². The molecule has 1 atom stereocenters. The van der Waals surface area contributed by atoms with E-state index in [4.69, 9.17) is 5.26 Å². The van der Waals surface area contributed by atoms with E-state index in [2.05, 4.69) is 28.4 Å². The van der Waals surface area contributed by atoms with Gasteiger partial charge in [-0.2, -0.15) is 10.4 Å². The summed E-state index contributed by atoms with van der Waals surface area (Å²) in [5.74, 6) is 0.113. The van der Waals surface area contributed by atoms with E-state index in [0.29, 0.717) is 29.8 Å². The maximum Gasteiger partial charge on any atom is 0.267 e. The molecule has 0 radical (unpaired) electrons. The second-order valence-electron chi connectivity index (χ2n) is 8.23. The van der Waals surface area contributed by atoms with Crippen LogP contribution >= 0.6 is 0 Å². The molecular weight excluding hydrogens is 382 g/mol. The molecule has 1 N–H and O–H groups in total. The van der Waals surface area contributed by atoms with Gasteiger partial charge in [0.25, 0.3) is 11.8 Å². The largest absolute Gasteiger partial charge is 0.350 e. The number of aromatic nitrogens is 3. The molecule has 4 rings (SSSR count). The highest BCUT2D eigenvalue weighted by molar-refractivity contribution is 5.95. The van der Waals surface area contributed by atoms with Crippen LogP contribution in [0, 0.1) is 17.2 Å². The highest BCUT2D eigenvalue weighted by Gasteiger charge is 2.29. The number of fused-ring (bicyclic) bond motifs is 1. The Morgan fingerprint density at radius 2 is 2.00 bits per heavy atom. The summed E-state index contributed by atoms with van der Waals surface area (Å²) in [7, 11) is 3.82. The predicted octanol–water partition coefficient (Wildman–Crippen LogP) is 0.473. The third kappa shape index (κ3) is 3.96. The number of rotatable bonds is 4. The van der Waals surface area contributed by atoms with Gasteiger partial charge in [0.1, 0.15) is 11.8 Å². The number of nitriles is 1. The van der Waals surface area contributed by atoms with E-state index in [-0.39, 0.29) is 17.7 Å². The van der Waals surface area contributed by atoms with Crippen molar-refractivity contribution in [3.8, 4) is 6.07 Å². The van der Waals surface area contributed by atoms with Crippen LogP contribution in [0.15, 0.2) is 18.5 Å².